The Morgan fingerprint density at radius 1 is 1.22 bits per heavy atom. The molecule has 2 heterocycles. The molecule has 1 aliphatic heterocycles. The Morgan fingerprint density at radius 3 is 2.83 bits per heavy atom. The van der Waals surface area contributed by atoms with E-state index in [9.17, 15) is 0 Å². The van der Waals surface area contributed by atoms with Crippen LogP contribution in [0.25, 0.3) is 10.9 Å². The van der Waals surface area contributed by atoms with Crippen molar-refractivity contribution in [1.29, 1.82) is 0 Å². The molecular weight excluding hydrogens is 288 g/mol. The molecule has 0 saturated carbocycles. The minimum atomic E-state index is 0.878. The minimum absolute atomic E-state index is 0.878. The standard InChI is InChI=1S/C19H26N2O2/c1-15-6-7-20-18-13-16(19(22-2)14-17(15)18)5-3-4-8-21-9-11-23-12-10-21/h6-7,13-14H,3-5,8-12H2,1-2H3. The second kappa shape index (κ2) is 7.75. The Balaban J connectivity index is 1.62. The van der Waals surface area contributed by atoms with Gasteiger partial charge in [-0.1, -0.05) is 0 Å². The van der Waals surface area contributed by atoms with E-state index in [0.29, 0.717) is 0 Å². The molecule has 1 aromatic heterocycles. The van der Waals surface area contributed by atoms with Crippen molar-refractivity contribution in [3.63, 3.8) is 0 Å². The molecule has 4 nitrogen and oxygen atoms in total. The molecule has 0 amide bonds. The molecule has 23 heavy (non-hydrogen) atoms. The summed E-state index contributed by atoms with van der Waals surface area (Å²) in [5.74, 6) is 0.986. The highest BCUT2D eigenvalue weighted by atomic mass is 16.5. The maximum absolute atomic E-state index is 5.60. The van der Waals surface area contributed by atoms with Gasteiger partial charge in [-0.25, -0.2) is 0 Å². The van der Waals surface area contributed by atoms with Crippen LogP contribution < -0.4 is 4.74 Å². The Bertz CT molecular complexity index is 651. The van der Waals surface area contributed by atoms with Gasteiger partial charge < -0.3 is 9.47 Å². The van der Waals surface area contributed by atoms with Crippen LogP contribution in [-0.2, 0) is 11.2 Å². The molecule has 1 aromatic carbocycles. The zero-order chi connectivity index (χ0) is 16.1. The van der Waals surface area contributed by atoms with Crippen molar-refractivity contribution in [2.24, 2.45) is 0 Å². The third-order valence-electron chi connectivity index (χ3n) is 4.64. The molecule has 0 bridgehead atoms. The number of pyridine rings is 1. The number of aryl methyl sites for hydroxylation is 2. The first-order valence-corrected chi connectivity index (χ1v) is 8.50. The second-order valence-corrected chi connectivity index (χ2v) is 6.22. The molecule has 1 saturated heterocycles. The number of aromatic nitrogens is 1. The molecule has 2 aromatic rings. The summed E-state index contributed by atoms with van der Waals surface area (Å²) in [6.45, 7) is 7.18. The van der Waals surface area contributed by atoms with Crippen LogP contribution in [0.5, 0.6) is 5.75 Å². The van der Waals surface area contributed by atoms with Crippen LogP contribution in [0.2, 0.25) is 0 Å². The average Bonchev–Trinajstić information content (AvgIpc) is 2.59. The molecule has 0 aliphatic carbocycles. The van der Waals surface area contributed by atoms with Gasteiger partial charge in [0.2, 0.25) is 0 Å². The summed E-state index contributed by atoms with van der Waals surface area (Å²) in [6, 6.07) is 6.37. The summed E-state index contributed by atoms with van der Waals surface area (Å²) < 4.78 is 11.0. The lowest BCUT2D eigenvalue weighted by molar-refractivity contribution is 0.0372. The summed E-state index contributed by atoms with van der Waals surface area (Å²) in [5, 5.41) is 1.18. The first-order valence-electron chi connectivity index (χ1n) is 8.50. The summed E-state index contributed by atoms with van der Waals surface area (Å²) >= 11 is 0. The lowest BCUT2D eigenvalue weighted by Gasteiger charge is -2.26. The Labute approximate surface area is 138 Å². The summed E-state index contributed by atoms with van der Waals surface area (Å²) in [6.07, 6.45) is 5.30. The van der Waals surface area contributed by atoms with E-state index in [2.05, 4.69) is 28.9 Å². The molecule has 3 rings (SSSR count). The molecular formula is C19H26N2O2. The van der Waals surface area contributed by atoms with Gasteiger partial charge in [-0.3, -0.25) is 9.88 Å². The van der Waals surface area contributed by atoms with Gasteiger partial charge in [0.25, 0.3) is 0 Å². The van der Waals surface area contributed by atoms with Gasteiger partial charge in [0.1, 0.15) is 5.75 Å². The van der Waals surface area contributed by atoms with Crippen LogP contribution in [0.4, 0.5) is 0 Å². The van der Waals surface area contributed by atoms with Crippen molar-refractivity contribution in [2.75, 3.05) is 40.0 Å². The molecule has 0 atom stereocenters. The van der Waals surface area contributed by atoms with Crippen LogP contribution in [0, 0.1) is 6.92 Å². The van der Waals surface area contributed by atoms with Crippen molar-refractivity contribution in [3.05, 3.63) is 35.5 Å². The fourth-order valence-electron chi connectivity index (χ4n) is 3.21. The number of hydrogen-bond acceptors (Lipinski definition) is 4. The molecule has 0 unspecified atom stereocenters. The van der Waals surface area contributed by atoms with Crippen molar-refractivity contribution >= 4 is 10.9 Å². The lowest BCUT2D eigenvalue weighted by Crippen LogP contribution is -2.36. The van der Waals surface area contributed by atoms with Gasteiger partial charge in [-0.05, 0) is 62.1 Å². The average molecular weight is 314 g/mol. The SMILES string of the molecule is COc1cc2c(C)ccnc2cc1CCCCN1CCOCC1. The van der Waals surface area contributed by atoms with E-state index >= 15 is 0 Å². The minimum Gasteiger partial charge on any atom is -0.496 e. The van der Waals surface area contributed by atoms with E-state index in [1.54, 1.807) is 7.11 Å². The van der Waals surface area contributed by atoms with Gasteiger partial charge in [0.15, 0.2) is 0 Å². The third-order valence-corrected chi connectivity index (χ3v) is 4.64. The summed E-state index contributed by atoms with van der Waals surface area (Å²) in [4.78, 5) is 6.99. The number of benzene rings is 1. The van der Waals surface area contributed by atoms with E-state index in [-0.39, 0.29) is 0 Å². The van der Waals surface area contributed by atoms with E-state index in [1.165, 1.54) is 29.4 Å². The second-order valence-electron chi connectivity index (χ2n) is 6.22. The van der Waals surface area contributed by atoms with Crippen molar-refractivity contribution in [2.45, 2.75) is 26.2 Å². The van der Waals surface area contributed by atoms with Crippen LogP contribution in [-0.4, -0.2) is 49.8 Å². The first-order chi connectivity index (χ1) is 11.3. The van der Waals surface area contributed by atoms with Crippen molar-refractivity contribution in [3.8, 4) is 5.75 Å². The number of rotatable bonds is 6. The molecule has 0 N–H and O–H groups in total. The molecule has 0 spiro atoms. The predicted molar refractivity (Wildman–Crippen MR) is 93.2 cm³/mol. The highest BCUT2D eigenvalue weighted by Crippen LogP contribution is 2.28. The monoisotopic (exact) mass is 314 g/mol. The Hall–Kier alpha value is -1.65. The zero-order valence-corrected chi connectivity index (χ0v) is 14.2. The van der Waals surface area contributed by atoms with E-state index in [4.69, 9.17) is 9.47 Å². The molecule has 1 fully saturated rings. The van der Waals surface area contributed by atoms with Crippen LogP contribution in [0.1, 0.15) is 24.0 Å². The molecule has 0 radical (unpaired) electrons. The van der Waals surface area contributed by atoms with Gasteiger partial charge in [-0.2, -0.15) is 0 Å². The number of nitrogens with zero attached hydrogens (tertiary/aromatic N) is 2. The lowest BCUT2D eigenvalue weighted by atomic mass is 10.0. The largest absolute Gasteiger partial charge is 0.496 e. The van der Waals surface area contributed by atoms with Gasteiger partial charge in [0.05, 0.1) is 25.8 Å². The van der Waals surface area contributed by atoms with Crippen LogP contribution in [0.3, 0.4) is 0 Å². The number of methoxy groups -OCH3 is 1. The van der Waals surface area contributed by atoms with Crippen molar-refractivity contribution in [1.82, 2.24) is 9.88 Å². The molecule has 4 heteroatoms. The number of hydrogen-bond donors (Lipinski definition) is 0. The maximum atomic E-state index is 5.60. The molecule has 1 aliphatic rings. The number of fused-ring (bicyclic) bond motifs is 1. The van der Waals surface area contributed by atoms with Gasteiger partial charge >= 0.3 is 0 Å². The third kappa shape index (κ3) is 4.01. The topological polar surface area (TPSA) is 34.6 Å². The number of ether oxygens (including phenoxy) is 2. The van der Waals surface area contributed by atoms with Gasteiger partial charge in [0, 0.05) is 24.7 Å². The highest BCUT2D eigenvalue weighted by molar-refractivity contribution is 5.84. The van der Waals surface area contributed by atoms with E-state index in [1.807, 2.05) is 12.3 Å². The summed E-state index contributed by atoms with van der Waals surface area (Å²) in [7, 11) is 1.75. The van der Waals surface area contributed by atoms with Crippen molar-refractivity contribution < 1.29 is 9.47 Å². The zero-order valence-electron chi connectivity index (χ0n) is 14.2. The smallest absolute Gasteiger partial charge is 0.122 e. The normalized spacial score (nSPS) is 15.9. The quantitative estimate of drug-likeness (QED) is 0.767. The fraction of sp³-hybridized carbons (Fsp3) is 0.526. The Kier molecular flexibility index (Phi) is 5.47. The predicted octanol–water partition coefficient (Wildman–Crippen LogP) is 3.21. The van der Waals surface area contributed by atoms with Gasteiger partial charge in [-0.15, -0.1) is 0 Å². The van der Waals surface area contributed by atoms with E-state index in [0.717, 1.165) is 50.5 Å². The number of morpholine rings is 1. The number of unbranched alkanes of at least 4 members (excludes halogenated alkanes) is 1. The Morgan fingerprint density at radius 2 is 2.04 bits per heavy atom. The highest BCUT2D eigenvalue weighted by Gasteiger charge is 2.11. The van der Waals surface area contributed by atoms with Crippen LogP contribution >= 0.6 is 0 Å². The summed E-state index contributed by atoms with van der Waals surface area (Å²) in [5.41, 5.74) is 3.57. The fourth-order valence-corrected chi connectivity index (χ4v) is 3.21. The first kappa shape index (κ1) is 16.2. The maximum Gasteiger partial charge on any atom is 0.122 e. The molecule has 124 valence electrons. The van der Waals surface area contributed by atoms with Crippen LogP contribution in [0.15, 0.2) is 24.4 Å². The van der Waals surface area contributed by atoms with E-state index < -0.39 is 0 Å².